The van der Waals surface area contributed by atoms with Crippen LogP contribution >= 0.6 is 13.5 Å². The number of rotatable bonds is 6. The van der Waals surface area contributed by atoms with Crippen molar-refractivity contribution in [3.05, 3.63) is 76.5 Å². The minimum Gasteiger partial charge on any atom is -0.394 e. The van der Waals surface area contributed by atoms with Crippen molar-refractivity contribution in [1.29, 1.82) is 0 Å². The summed E-state index contributed by atoms with van der Waals surface area (Å²) in [6, 6.07) is 6.67. The highest BCUT2D eigenvalue weighted by atomic mass is 32.1. The predicted molar refractivity (Wildman–Crippen MR) is 160 cm³/mol. The van der Waals surface area contributed by atoms with Gasteiger partial charge in [-0.15, -0.1) is 0 Å². The van der Waals surface area contributed by atoms with Crippen LogP contribution in [0.5, 0.6) is 0 Å². The molecule has 214 valence electrons. The van der Waals surface area contributed by atoms with E-state index in [1.54, 1.807) is 18.5 Å². The molecule has 0 spiro atoms. The Morgan fingerprint density at radius 3 is 2.40 bits per heavy atom. The van der Waals surface area contributed by atoms with Gasteiger partial charge in [-0.2, -0.15) is 13.5 Å². The van der Waals surface area contributed by atoms with Gasteiger partial charge in [0.05, 0.1) is 18.8 Å². The van der Waals surface area contributed by atoms with Gasteiger partial charge in [0.25, 0.3) is 5.91 Å². The number of aromatic nitrogens is 3. The smallest absolute Gasteiger partial charge is 0.254 e. The first kappa shape index (κ1) is 29.7. The van der Waals surface area contributed by atoms with Crippen LogP contribution in [0.15, 0.2) is 42.9 Å². The molecule has 4 heterocycles. The molecular weight excluding hydrogens is 527 g/mol. The second-order valence-corrected chi connectivity index (χ2v) is 10.8. The Labute approximate surface area is 242 Å². The second kappa shape index (κ2) is 13.0. The molecule has 0 bridgehead atoms. The average molecular weight is 567 g/mol. The monoisotopic (exact) mass is 566 g/mol. The lowest BCUT2D eigenvalue weighted by molar-refractivity contribution is 0.0697. The summed E-state index contributed by atoms with van der Waals surface area (Å²) < 4.78 is 13.4. The molecule has 0 saturated carbocycles. The number of carbonyl (C=O) groups excluding carboxylic acids is 1. The van der Waals surface area contributed by atoms with Gasteiger partial charge < -0.3 is 19.8 Å². The molecule has 8 nitrogen and oxygen atoms in total. The van der Waals surface area contributed by atoms with E-state index in [0.29, 0.717) is 31.4 Å². The molecule has 2 aliphatic heterocycles. The van der Waals surface area contributed by atoms with Crippen molar-refractivity contribution < 1.29 is 14.3 Å². The summed E-state index contributed by atoms with van der Waals surface area (Å²) in [6.45, 7) is 9.40. The van der Waals surface area contributed by atoms with E-state index in [1.165, 1.54) is 23.4 Å². The minimum atomic E-state index is -0.398. The van der Waals surface area contributed by atoms with Gasteiger partial charge in [-0.1, -0.05) is 6.07 Å². The van der Waals surface area contributed by atoms with Crippen LogP contribution in [0.3, 0.4) is 0 Å². The zero-order valence-electron chi connectivity index (χ0n) is 23.5. The van der Waals surface area contributed by atoms with Gasteiger partial charge in [0.2, 0.25) is 5.95 Å². The topological polar surface area (TPSA) is 85.7 Å². The highest BCUT2D eigenvalue weighted by molar-refractivity contribution is 7.59. The Morgan fingerprint density at radius 2 is 1.75 bits per heavy atom. The average Bonchev–Trinajstić information content (AvgIpc) is 2.96. The molecule has 0 aliphatic carbocycles. The molecule has 2 aromatic heterocycles. The predicted octanol–water partition coefficient (Wildman–Crippen LogP) is 3.83. The summed E-state index contributed by atoms with van der Waals surface area (Å²) in [5.41, 5.74) is 5.32. The lowest BCUT2D eigenvalue weighted by Gasteiger charge is -2.41. The lowest BCUT2D eigenvalue weighted by Crippen LogP contribution is -2.56. The summed E-state index contributed by atoms with van der Waals surface area (Å²) in [5.74, 6) is 1.55. The Balaban J connectivity index is 0.00000370. The molecule has 1 aromatic carbocycles. The molecule has 10 heteroatoms. The highest BCUT2D eigenvalue weighted by Gasteiger charge is 2.32. The highest BCUT2D eigenvalue weighted by Crippen LogP contribution is 2.31. The van der Waals surface area contributed by atoms with Crippen molar-refractivity contribution >= 4 is 31.2 Å². The van der Waals surface area contributed by atoms with Gasteiger partial charge in [-0.05, 0) is 86.4 Å². The number of aliphatic hydroxyl groups is 1. The van der Waals surface area contributed by atoms with Crippen molar-refractivity contribution in [3.8, 4) is 0 Å². The molecule has 3 aromatic rings. The number of hydrogen-bond donors (Lipinski definition) is 1. The number of halogens is 1. The summed E-state index contributed by atoms with van der Waals surface area (Å²) in [5, 5.41) is 10.1. The Kier molecular flexibility index (Phi) is 9.63. The molecule has 2 aliphatic rings. The normalized spacial score (nSPS) is 18.0. The maximum absolute atomic E-state index is 13.9. The number of aryl methyl sites for hydroxylation is 2. The van der Waals surface area contributed by atoms with Crippen molar-refractivity contribution in [2.75, 3.05) is 49.1 Å². The maximum atomic E-state index is 13.9. The van der Waals surface area contributed by atoms with Gasteiger partial charge >= 0.3 is 0 Å². The number of benzene rings is 1. The number of aliphatic hydroxyl groups excluding tert-OH is 1. The van der Waals surface area contributed by atoms with Crippen LogP contribution in [0.2, 0.25) is 0 Å². The third-order valence-corrected chi connectivity index (χ3v) is 8.27. The standard InChI is InChI=1S/C30H37FN6O2.H2S/c1-20-15-21(2)28(22(3)26(20)16-23-7-11-35(12-8-23)30-32-9-4-10-33-30)29(39)36-13-14-37(25(18-36)19-38)27-6-5-24(31)17-34-27;/h4-6,9-10,15,17,23,25,38H,7-8,11-14,16,18-19H2,1-3H3;1H2/t25-;/m0./s1. The van der Waals surface area contributed by atoms with E-state index in [2.05, 4.69) is 39.8 Å². The molecule has 2 saturated heterocycles. The van der Waals surface area contributed by atoms with Crippen molar-refractivity contribution in [2.24, 2.45) is 5.92 Å². The fraction of sp³-hybridized carbons (Fsp3) is 0.467. The number of pyridine rings is 1. The van der Waals surface area contributed by atoms with Crippen LogP contribution < -0.4 is 9.80 Å². The van der Waals surface area contributed by atoms with E-state index in [4.69, 9.17) is 0 Å². The van der Waals surface area contributed by atoms with Crippen LogP contribution in [0, 0.1) is 32.5 Å². The third kappa shape index (κ3) is 6.23. The molecule has 5 rings (SSSR count). The second-order valence-electron chi connectivity index (χ2n) is 10.8. The van der Waals surface area contributed by atoms with E-state index in [-0.39, 0.29) is 32.1 Å². The van der Waals surface area contributed by atoms with E-state index < -0.39 is 5.82 Å². The van der Waals surface area contributed by atoms with Crippen molar-refractivity contribution in [2.45, 2.75) is 46.1 Å². The number of piperazine rings is 1. The first-order chi connectivity index (χ1) is 18.9. The van der Waals surface area contributed by atoms with Crippen LogP contribution in [-0.4, -0.2) is 76.2 Å². The van der Waals surface area contributed by atoms with Gasteiger partial charge in [0.15, 0.2) is 0 Å². The SMILES string of the molecule is Cc1cc(C)c(C(=O)N2CCN(c3ccc(F)cn3)[C@H](CO)C2)c(C)c1CC1CCN(c2ncccn2)CC1.S. The summed E-state index contributed by atoms with van der Waals surface area (Å²) >= 11 is 0. The van der Waals surface area contributed by atoms with Gasteiger partial charge in [0.1, 0.15) is 11.6 Å². The molecule has 40 heavy (non-hydrogen) atoms. The van der Waals surface area contributed by atoms with E-state index in [0.717, 1.165) is 55.0 Å². The number of piperidine rings is 1. The van der Waals surface area contributed by atoms with Crippen LogP contribution in [0.1, 0.15) is 45.5 Å². The van der Waals surface area contributed by atoms with Crippen molar-refractivity contribution in [3.63, 3.8) is 0 Å². The molecule has 1 N–H and O–H groups in total. The molecule has 1 amide bonds. The first-order valence-electron chi connectivity index (χ1n) is 13.8. The number of anilines is 2. The van der Waals surface area contributed by atoms with Crippen LogP contribution in [0.4, 0.5) is 16.2 Å². The van der Waals surface area contributed by atoms with Crippen molar-refractivity contribution in [1.82, 2.24) is 19.9 Å². The van der Waals surface area contributed by atoms with Gasteiger partial charge in [0, 0.05) is 50.7 Å². The number of hydrogen-bond acceptors (Lipinski definition) is 7. The van der Waals surface area contributed by atoms with Crippen LogP contribution in [-0.2, 0) is 6.42 Å². The first-order valence-corrected chi connectivity index (χ1v) is 13.8. The minimum absolute atomic E-state index is 0. The lowest BCUT2D eigenvalue weighted by atomic mass is 9.84. The molecule has 2 fully saturated rings. The summed E-state index contributed by atoms with van der Waals surface area (Å²) in [4.78, 5) is 32.9. The zero-order chi connectivity index (χ0) is 27.5. The zero-order valence-corrected chi connectivity index (χ0v) is 24.5. The Hall–Kier alpha value is -3.24. The quantitative estimate of drug-likeness (QED) is 0.486. The number of nitrogens with zero attached hydrogens (tertiary/aromatic N) is 6. The van der Waals surface area contributed by atoms with E-state index in [1.807, 2.05) is 22.8 Å². The maximum Gasteiger partial charge on any atom is 0.254 e. The van der Waals surface area contributed by atoms with Gasteiger partial charge in [-0.3, -0.25) is 4.79 Å². The fourth-order valence-corrected chi connectivity index (χ4v) is 6.14. The molecular formula is C30H39FN6O2S. The Morgan fingerprint density at radius 1 is 1.02 bits per heavy atom. The Bertz CT molecular complexity index is 1300. The largest absolute Gasteiger partial charge is 0.394 e. The third-order valence-electron chi connectivity index (χ3n) is 8.27. The molecule has 1 atom stereocenters. The molecule has 0 unspecified atom stereocenters. The molecule has 0 radical (unpaired) electrons. The number of carbonyl (C=O) groups is 1. The summed E-state index contributed by atoms with van der Waals surface area (Å²) in [6.07, 6.45) is 7.83. The number of amides is 1. The fourth-order valence-electron chi connectivity index (χ4n) is 6.14. The van der Waals surface area contributed by atoms with Gasteiger partial charge in [-0.25, -0.2) is 19.3 Å². The summed E-state index contributed by atoms with van der Waals surface area (Å²) in [7, 11) is 0. The van der Waals surface area contributed by atoms with Crippen LogP contribution in [0.25, 0.3) is 0 Å². The van der Waals surface area contributed by atoms with E-state index in [9.17, 15) is 14.3 Å². The van der Waals surface area contributed by atoms with E-state index >= 15 is 0 Å².